The number of allylic oxidation sites excluding steroid dienone is 2. The maximum Gasteiger partial charge on any atom is 0.253 e. The van der Waals surface area contributed by atoms with Crippen LogP contribution in [-0.4, -0.2) is 50.6 Å². The minimum absolute atomic E-state index is 0.0932. The van der Waals surface area contributed by atoms with Crippen LogP contribution in [0.2, 0.25) is 0 Å². The van der Waals surface area contributed by atoms with Gasteiger partial charge in [0, 0.05) is 54.8 Å². The molecule has 0 saturated carbocycles. The maximum absolute atomic E-state index is 12.6. The van der Waals surface area contributed by atoms with E-state index in [-0.39, 0.29) is 11.8 Å². The zero-order valence-corrected chi connectivity index (χ0v) is 22.9. The van der Waals surface area contributed by atoms with Crippen molar-refractivity contribution in [1.29, 1.82) is 0 Å². The van der Waals surface area contributed by atoms with Crippen molar-refractivity contribution < 1.29 is 9.59 Å². The molecule has 0 radical (unpaired) electrons. The molecule has 1 aliphatic carbocycles. The third-order valence-corrected chi connectivity index (χ3v) is 8.84. The quantitative estimate of drug-likeness (QED) is 0.489. The first kappa shape index (κ1) is 24.7. The Morgan fingerprint density at radius 3 is 2.69 bits per heavy atom. The number of fused-ring (bicyclic) bond motifs is 3. The van der Waals surface area contributed by atoms with Crippen LogP contribution in [0.25, 0.3) is 21.8 Å². The summed E-state index contributed by atoms with van der Waals surface area (Å²) in [6.45, 7) is 5.45. The van der Waals surface area contributed by atoms with E-state index in [2.05, 4.69) is 15.3 Å². The van der Waals surface area contributed by atoms with E-state index in [0.29, 0.717) is 27.9 Å². The molecule has 1 N–H and O–H groups in total. The van der Waals surface area contributed by atoms with Gasteiger partial charge in [-0.25, -0.2) is 4.98 Å². The average Bonchev–Trinajstić information content (AvgIpc) is 3.41. The van der Waals surface area contributed by atoms with Crippen LogP contribution in [0.3, 0.4) is 0 Å². The van der Waals surface area contributed by atoms with Gasteiger partial charge in [-0.05, 0) is 38.5 Å². The molecule has 1 unspecified atom stereocenters. The fourth-order valence-electron chi connectivity index (χ4n) is 4.22. The second-order valence-corrected chi connectivity index (χ2v) is 11.6. The topological polar surface area (TPSA) is 93.0 Å². The summed E-state index contributed by atoms with van der Waals surface area (Å²) in [4.78, 5) is 36.9. The van der Waals surface area contributed by atoms with Crippen LogP contribution >= 0.6 is 34.7 Å². The Balaban J connectivity index is 1.69. The summed E-state index contributed by atoms with van der Waals surface area (Å²) >= 11 is 10.0. The average molecular weight is 541 g/mol. The van der Waals surface area contributed by atoms with Crippen LogP contribution < -0.4 is 5.32 Å². The van der Waals surface area contributed by atoms with Crippen molar-refractivity contribution >= 4 is 51.6 Å². The minimum atomic E-state index is -0.717. The van der Waals surface area contributed by atoms with Gasteiger partial charge in [-0.3, -0.25) is 19.3 Å². The number of hydrogen-bond acceptors (Lipinski definition) is 7. The number of anilines is 1. The van der Waals surface area contributed by atoms with Crippen LogP contribution in [0, 0.1) is 6.92 Å². The Morgan fingerprint density at radius 2 is 2.06 bits per heavy atom. The van der Waals surface area contributed by atoms with E-state index < -0.39 is 5.54 Å². The van der Waals surface area contributed by atoms with Gasteiger partial charge in [-0.2, -0.15) is 5.10 Å². The first-order chi connectivity index (χ1) is 17.1. The van der Waals surface area contributed by atoms with Crippen molar-refractivity contribution in [2.24, 2.45) is 0 Å². The number of likely N-dealkylation sites (N-methyl/N-ethyl adjacent to an activating group) is 1. The molecule has 8 nitrogen and oxygen atoms in total. The van der Waals surface area contributed by atoms with Crippen LogP contribution in [-0.2, 0) is 20.9 Å². The van der Waals surface area contributed by atoms with E-state index in [0.717, 1.165) is 38.1 Å². The fourth-order valence-corrected chi connectivity index (χ4v) is 6.83. The minimum Gasteiger partial charge on any atom is -0.345 e. The predicted octanol–water partition coefficient (Wildman–Crippen LogP) is 5.20. The lowest BCUT2D eigenvalue weighted by atomic mass is 9.89. The first-order valence-electron chi connectivity index (χ1n) is 11.3. The van der Waals surface area contributed by atoms with E-state index in [1.807, 2.05) is 42.9 Å². The highest BCUT2D eigenvalue weighted by molar-refractivity contribution is 7.99. The molecule has 0 fully saturated rings. The molecule has 1 aliphatic heterocycles. The third-order valence-electron chi connectivity index (χ3n) is 6.21. The molecule has 36 heavy (non-hydrogen) atoms. The van der Waals surface area contributed by atoms with Gasteiger partial charge < -0.3 is 10.2 Å². The van der Waals surface area contributed by atoms with E-state index in [9.17, 15) is 9.59 Å². The molecule has 11 heteroatoms. The van der Waals surface area contributed by atoms with Crippen molar-refractivity contribution in [3.05, 3.63) is 52.5 Å². The number of nitrogens with zero attached hydrogens (tertiary/aromatic N) is 5. The Hall–Kier alpha value is -2.95. The van der Waals surface area contributed by atoms with Crippen LogP contribution in [0.4, 0.5) is 5.13 Å². The van der Waals surface area contributed by atoms with Crippen molar-refractivity contribution in [1.82, 2.24) is 24.6 Å². The van der Waals surface area contributed by atoms with Crippen LogP contribution in [0.15, 0.2) is 46.0 Å². The van der Waals surface area contributed by atoms with Crippen molar-refractivity contribution in [2.75, 3.05) is 19.4 Å². The van der Waals surface area contributed by atoms with E-state index >= 15 is 0 Å². The standard InChI is InChI=1S/C25H25ClN6O2S2/c1-13-6-7-16(11-27-13)19-22-20(21-17(12-35-22)29-24(36-21)28-14(2)33)32(30-19)25(3)9-8-15(10-18(25)26)23(34)31(4)5/h6-8,10-11H,9,12H2,1-5H3,(H,28,29,33). The monoisotopic (exact) mass is 540 g/mol. The first-order valence-corrected chi connectivity index (χ1v) is 13.5. The van der Waals surface area contributed by atoms with Gasteiger partial charge >= 0.3 is 0 Å². The summed E-state index contributed by atoms with van der Waals surface area (Å²) in [6.07, 6.45) is 5.99. The molecule has 2 aliphatic rings. The number of amides is 2. The van der Waals surface area contributed by atoms with E-state index in [1.165, 1.54) is 23.2 Å². The Labute approximate surface area is 222 Å². The number of thiazole rings is 1. The van der Waals surface area contributed by atoms with Gasteiger partial charge in [-0.15, -0.1) is 11.8 Å². The second kappa shape index (κ2) is 9.17. The number of aryl methyl sites for hydroxylation is 1. The predicted molar refractivity (Wildman–Crippen MR) is 144 cm³/mol. The summed E-state index contributed by atoms with van der Waals surface area (Å²) in [5, 5.41) is 9.01. The molecular formula is C25H25ClN6O2S2. The second-order valence-electron chi connectivity index (χ2n) is 9.22. The number of nitrogens with one attached hydrogen (secondary N) is 1. The Kier molecular flexibility index (Phi) is 6.30. The summed E-state index contributed by atoms with van der Waals surface area (Å²) < 4.78 is 1.96. The summed E-state index contributed by atoms with van der Waals surface area (Å²) in [7, 11) is 3.44. The highest BCUT2D eigenvalue weighted by atomic mass is 35.5. The number of carbonyl (C=O) groups is 2. The summed E-state index contributed by atoms with van der Waals surface area (Å²) in [6, 6.07) is 3.99. The molecule has 4 heterocycles. The lowest BCUT2D eigenvalue weighted by Gasteiger charge is -2.34. The number of hydrogen-bond donors (Lipinski definition) is 1. The van der Waals surface area contributed by atoms with Crippen molar-refractivity contribution in [2.45, 2.75) is 43.4 Å². The largest absolute Gasteiger partial charge is 0.345 e. The number of aromatic nitrogens is 4. The fraction of sp³-hybridized carbons (Fsp3) is 0.320. The Morgan fingerprint density at radius 1 is 1.28 bits per heavy atom. The van der Waals surface area contributed by atoms with Gasteiger partial charge in [0.15, 0.2) is 5.13 Å². The van der Waals surface area contributed by atoms with Crippen LogP contribution in [0.5, 0.6) is 0 Å². The van der Waals surface area contributed by atoms with Gasteiger partial charge in [0.2, 0.25) is 5.91 Å². The molecule has 0 bridgehead atoms. The third kappa shape index (κ3) is 4.16. The smallest absolute Gasteiger partial charge is 0.253 e. The van der Waals surface area contributed by atoms with Gasteiger partial charge in [-0.1, -0.05) is 29.0 Å². The summed E-state index contributed by atoms with van der Waals surface area (Å²) in [5.41, 5.74) is 4.32. The highest BCUT2D eigenvalue weighted by Gasteiger charge is 2.40. The van der Waals surface area contributed by atoms with Crippen LogP contribution in [0.1, 0.15) is 31.7 Å². The molecule has 0 spiro atoms. The number of thioether (sulfide) groups is 1. The van der Waals surface area contributed by atoms with Crippen molar-refractivity contribution in [3.63, 3.8) is 0 Å². The van der Waals surface area contributed by atoms with E-state index in [4.69, 9.17) is 16.7 Å². The number of carbonyl (C=O) groups excluding carboxylic acids is 2. The van der Waals surface area contributed by atoms with Gasteiger partial charge in [0.25, 0.3) is 5.91 Å². The van der Waals surface area contributed by atoms with Gasteiger partial charge in [0.05, 0.1) is 26.7 Å². The lowest BCUT2D eigenvalue weighted by Crippen LogP contribution is -2.35. The molecule has 186 valence electrons. The molecule has 3 aromatic heterocycles. The Bertz CT molecular complexity index is 1450. The molecule has 1 atom stereocenters. The van der Waals surface area contributed by atoms with E-state index in [1.54, 1.807) is 31.9 Å². The SMILES string of the molecule is CC(=O)Nc1nc2c(s1)-c1c(c(-c3ccc(C)nc3)nn1C1(C)CC=C(C(=O)N(C)C)C=C1Cl)SC2. The lowest BCUT2D eigenvalue weighted by molar-refractivity contribution is -0.124. The molecule has 3 aromatic rings. The molecular weight excluding hydrogens is 516 g/mol. The molecule has 0 saturated heterocycles. The number of halogens is 1. The summed E-state index contributed by atoms with van der Waals surface area (Å²) in [5.74, 6) is 0.407. The molecule has 5 rings (SSSR count). The normalized spacial score (nSPS) is 18.6. The highest BCUT2D eigenvalue weighted by Crippen LogP contribution is 2.52. The maximum atomic E-state index is 12.6. The zero-order chi connectivity index (χ0) is 25.8. The zero-order valence-electron chi connectivity index (χ0n) is 20.5. The molecule has 2 amide bonds. The number of rotatable bonds is 4. The van der Waals surface area contributed by atoms with Crippen molar-refractivity contribution in [3.8, 4) is 21.8 Å². The number of pyridine rings is 1. The molecule has 0 aromatic carbocycles. The van der Waals surface area contributed by atoms with Gasteiger partial charge in [0.1, 0.15) is 5.69 Å².